The molecule has 0 amide bonds. The fourth-order valence-electron chi connectivity index (χ4n) is 3.28. The monoisotopic (exact) mass is 295 g/mol. The molecule has 0 aromatic carbocycles. The predicted octanol–water partition coefficient (Wildman–Crippen LogP) is 3.55. The lowest BCUT2D eigenvalue weighted by Crippen LogP contribution is -2.61. The maximum Gasteiger partial charge on any atom is 0.127 e. The third kappa shape index (κ3) is 4.06. The molecular weight excluding hydrogens is 262 g/mol. The van der Waals surface area contributed by atoms with E-state index in [0.29, 0.717) is 5.04 Å². The number of nitriles is 1. The van der Waals surface area contributed by atoms with E-state index in [1.807, 2.05) is 6.92 Å². The van der Waals surface area contributed by atoms with Crippen molar-refractivity contribution in [2.75, 3.05) is 32.7 Å². The van der Waals surface area contributed by atoms with Crippen LogP contribution in [0.4, 0.5) is 0 Å². The summed E-state index contributed by atoms with van der Waals surface area (Å²) in [5, 5.41) is 9.41. The van der Waals surface area contributed by atoms with Crippen molar-refractivity contribution < 1.29 is 0 Å². The van der Waals surface area contributed by atoms with Gasteiger partial charge in [-0.2, -0.15) is 5.26 Å². The summed E-state index contributed by atoms with van der Waals surface area (Å²) in [5.41, 5.74) is 0. The van der Waals surface area contributed by atoms with Gasteiger partial charge < -0.3 is 4.57 Å². The molecule has 0 radical (unpaired) electrons. The van der Waals surface area contributed by atoms with E-state index in [4.69, 9.17) is 5.26 Å². The Kier molecular flexibility index (Phi) is 6.24. The Hall–Kier alpha value is -0.373. The number of hydrogen-bond donors (Lipinski definition) is 0. The molecule has 0 bridgehead atoms. The Morgan fingerprint density at radius 2 is 1.75 bits per heavy atom. The fourth-order valence-corrected chi connectivity index (χ4v) is 6.31. The second-order valence-electron chi connectivity index (χ2n) is 7.51. The van der Waals surface area contributed by atoms with Crippen LogP contribution in [-0.4, -0.2) is 50.4 Å². The summed E-state index contributed by atoms with van der Waals surface area (Å²) < 4.78 is 2.79. The molecule has 1 heterocycles. The first-order chi connectivity index (χ1) is 9.24. The van der Waals surface area contributed by atoms with Gasteiger partial charge in [-0.05, 0) is 18.4 Å². The summed E-state index contributed by atoms with van der Waals surface area (Å²) in [6.07, 6.45) is 2.61. The highest BCUT2D eigenvalue weighted by molar-refractivity contribution is 6.77. The number of hydrogen-bond acceptors (Lipinski definition) is 3. The van der Waals surface area contributed by atoms with Crippen LogP contribution in [0, 0.1) is 17.2 Å². The van der Waals surface area contributed by atoms with Gasteiger partial charge in [-0.25, -0.2) is 0 Å². The minimum Gasteiger partial charge on any atom is -0.321 e. The fraction of sp³-hybridized carbons (Fsp3) is 0.938. The zero-order chi connectivity index (χ0) is 15.4. The lowest BCUT2D eigenvalue weighted by atomic mass is 10.1. The van der Waals surface area contributed by atoms with E-state index in [0.717, 1.165) is 19.6 Å². The minimum absolute atomic E-state index is 0.156. The molecule has 1 aliphatic rings. The Labute approximate surface area is 127 Å². The molecule has 3 nitrogen and oxygen atoms in total. The van der Waals surface area contributed by atoms with Crippen molar-refractivity contribution in [1.82, 2.24) is 9.47 Å². The summed E-state index contributed by atoms with van der Waals surface area (Å²) >= 11 is 0. The van der Waals surface area contributed by atoms with Gasteiger partial charge >= 0.3 is 0 Å². The Balaban J connectivity index is 2.58. The van der Waals surface area contributed by atoms with Gasteiger partial charge in [-0.3, -0.25) is 4.90 Å². The van der Waals surface area contributed by atoms with Crippen LogP contribution >= 0.6 is 0 Å². The van der Waals surface area contributed by atoms with Crippen LogP contribution in [-0.2, 0) is 0 Å². The van der Waals surface area contributed by atoms with Crippen molar-refractivity contribution in [2.45, 2.75) is 58.7 Å². The van der Waals surface area contributed by atoms with Crippen LogP contribution in [0.2, 0.25) is 18.1 Å². The lowest BCUT2D eigenvalue weighted by Gasteiger charge is -2.51. The molecule has 0 aromatic rings. The first-order valence-corrected chi connectivity index (χ1v) is 11.1. The molecule has 0 aliphatic carbocycles. The maximum absolute atomic E-state index is 8.93. The summed E-state index contributed by atoms with van der Waals surface area (Å²) in [7, 11) is -1.39. The maximum atomic E-state index is 8.93. The molecule has 1 rings (SSSR count). The van der Waals surface area contributed by atoms with Crippen LogP contribution in [0.1, 0.15) is 40.5 Å². The molecule has 1 saturated heterocycles. The first-order valence-electron chi connectivity index (χ1n) is 8.11. The van der Waals surface area contributed by atoms with E-state index in [2.05, 4.69) is 49.4 Å². The summed E-state index contributed by atoms with van der Waals surface area (Å²) in [4.78, 5) is 2.46. The average molecular weight is 296 g/mol. The molecule has 0 aromatic heterocycles. The summed E-state index contributed by atoms with van der Waals surface area (Å²) in [6.45, 7) is 19.9. The van der Waals surface area contributed by atoms with Gasteiger partial charge in [0.15, 0.2) is 0 Å². The van der Waals surface area contributed by atoms with Crippen molar-refractivity contribution in [3.8, 4) is 6.07 Å². The predicted molar refractivity (Wildman–Crippen MR) is 89.2 cm³/mol. The lowest BCUT2D eigenvalue weighted by molar-refractivity contribution is 0.169. The van der Waals surface area contributed by atoms with Crippen molar-refractivity contribution >= 4 is 8.24 Å². The van der Waals surface area contributed by atoms with Crippen LogP contribution in [0.3, 0.4) is 0 Å². The highest BCUT2D eigenvalue weighted by Gasteiger charge is 2.44. The number of piperazine rings is 1. The van der Waals surface area contributed by atoms with Gasteiger partial charge in [0.25, 0.3) is 0 Å². The average Bonchev–Trinajstić information content (AvgIpc) is 2.39. The first kappa shape index (κ1) is 17.7. The van der Waals surface area contributed by atoms with E-state index < -0.39 is 8.24 Å². The minimum atomic E-state index is -1.39. The Bertz CT molecular complexity index is 338. The topological polar surface area (TPSA) is 30.3 Å². The zero-order valence-electron chi connectivity index (χ0n) is 14.4. The van der Waals surface area contributed by atoms with E-state index in [1.165, 1.54) is 25.9 Å². The molecule has 4 heteroatoms. The van der Waals surface area contributed by atoms with Crippen molar-refractivity contribution in [3.63, 3.8) is 0 Å². The van der Waals surface area contributed by atoms with Gasteiger partial charge in [0.1, 0.15) is 8.24 Å². The van der Waals surface area contributed by atoms with E-state index in [1.54, 1.807) is 0 Å². The molecule has 1 unspecified atom stereocenters. The highest BCUT2D eigenvalue weighted by Crippen LogP contribution is 2.43. The normalized spacial score (nSPS) is 20.6. The quantitative estimate of drug-likeness (QED) is 0.702. The molecule has 20 heavy (non-hydrogen) atoms. The molecule has 1 aliphatic heterocycles. The van der Waals surface area contributed by atoms with Gasteiger partial charge in [-0.1, -0.05) is 40.3 Å². The molecule has 1 atom stereocenters. The SMILES string of the molecule is CCCC(C)(C)[Si](C)(C)N1CCN(CC(C)C#N)CC1. The molecule has 0 saturated carbocycles. The highest BCUT2D eigenvalue weighted by atomic mass is 28.3. The van der Waals surface area contributed by atoms with Crippen LogP contribution in [0.15, 0.2) is 0 Å². The van der Waals surface area contributed by atoms with Gasteiger partial charge in [0.05, 0.1) is 12.0 Å². The Morgan fingerprint density at radius 3 is 2.20 bits per heavy atom. The third-order valence-corrected chi connectivity index (χ3v) is 11.0. The van der Waals surface area contributed by atoms with E-state index in [-0.39, 0.29) is 5.92 Å². The van der Waals surface area contributed by atoms with Gasteiger partial charge in [-0.15, -0.1) is 0 Å². The van der Waals surface area contributed by atoms with Crippen molar-refractivity contribution in [1.29, 1.82) is 5.26 Å². The van der Waals surface area contributed by atoms with Crippen LogP contribution in [0.5, 0.6) is 0 Å². The molecule has 116 valence electrons. The standard InChI is InChI=1S/C16H33N3Si/c1-7-8-16(3,4)20(5,6)19-11-9-18(10-12-19)14-15(2)13-17/h15H,7-12,14H2,1-6H3. The van der Waals surface area contributed by atoms with Crippen LogP contribution in [0.25, 0.3) is 0 Å². The van der Waals surface area contributed by atoms with E-state index >= 15 is 0 Å². The molecule has 0 spiro atoms. The summed E-state index contributed by atoms with van der Waals surface area (Å²) in [6, 6.07) is 2.35. The second-order valence-corrected chi connectivity index (χ2v) is 12.6. The zero-order valence-corrected chi connectivity index (χ0v) is 15.4. The largest absolute Gasteiger partial charge is 0.321 e. The van der Waals surface area contributed by atoms with Gasteiger partial charge in [0, 0.05) is 32.7 Å². The molecule has 0 N–H and O–H groups in total. The Morgan fingerprint density at radius 1 is 1.20 bits per heavy atom. The number of nitrogens with zero attached hydrogens (tertiary/aromatic N) is 3. The van der Waals surface area contributed by atoms with Crippen LogP contribution < -0.4 is 0 Å². The van der Waals surface area contributed by atoms with Gasteiger partial charge in [0.2, 0.25) is 0 Å². The van der Waals surface area contributed by atoms with Crippen molar-refractivity contribution in [2.24, 2.45) is 5.92 Å². The van der Waals surface area contributed by atoms with Crippen molar-refractivity contribution in [3.05, 3.63) is 0 Å². The van der Waals surface area contributed by atoms with E-state index in [9.17, 15) is 0 Å². The summed E-state index contributed by atoms with van der Waals surface area (Å²) in [5.74, 6) is 0.156. The third-order valence-electron chi connectivity index (χ3n) is 5.45. The molecule has 1 fully saturated rings. The second kappa shape index (κ2) is 7.06. The molecular formula is C16H33N3Si. The smallest absolute Gasteiger partial charge is 0.127 e. The number of rotatable bonds is 6.